The number of benzene rings is 2. The molecule has 0 aromatic heterocycles. The maximum absolute atomic E-state index is 11.7. The van der Waals surface area contributed by atoms with Crippen molar-refractivity contribution in [2.24, 2.45) is 0 Å². The minimum absolute atomic E-state index is 0.0405. The standard InChI is InChI=1S/C17H13Br2N3O5/c18-12-4-7-15(14(19)9-12)27-10-17(24)21-20-16(23)8-3-11-1-5-13(6-2-11)22(25)26/h1-9H,10H2,(H,20,23)(H,21,24)/b8-3+. The summed E-state index contributed by atoms with van der Waals surface area (Å²) in [4.78, 5) is 33.5. The van der Waals surface area contributed by atoms with E-state index >= 15 is 0 Å². The van der Waals surface area contributed by atoms with E-state index in [1.165, 1.54) is 36.4 Å². The molecule has 0 unspecified atom stereocenters. The van der Waals surface area contributed by atoms with Gasteiger partial charge in [0, 0.05) is 22.7 Å². The van der Waals surface area contributed by atoms with Gasteiger partial charge in [0.15, 0.2) is 6.61 Å². The van der Waals surface area contributed by atoms with Crippen LogP contribution >= 0.6 is 31.9 Å². The maximum atomic E-state index is 11.7. The number of halogens is 2. The van der Waals surface area contributed by atoms with Gasteiger partial charge in [0.1, 0.15) is 5.75 Å². The summed E-state index contributed by atoms with van der Waals surface area (Å²) in [6, 6.07) is 10.9. The fourth-order valence-corrected chi connectivity index (χ4v) is 2.99. The fourth-order valence-electron chi connectivity index (χ4n) is 1.82. The highest BCUT2D eigenvalue weighted by Crippen LogP contribution is 2.28. The average molecular weight is 499 g/mol. The van der Waals surface area contributed by atoms with Crippen LogP contribution in [-0.2, 0) is 9.59 Å². The number of nitrogens with zero attached hydrogens (tertiary/aromatic N) is 1. The van der Waals surface area contributed by atoms with Gasteiger partial charge in [-0.1, -0.05) is 15.9 Å². The molecule has 0 aliphatic rings. The SMILES string of the molecule is O=C(/C=C/c1ccc([N+](=O)[O-])cc1)NNC(=O)COc1ccc(Br)cc1Br. The largest absolute Gasteiger partial charge is 0.483 e. The number of nitro groups is 1. The van der Waals surface area contributed by atoms with Gasteiger partial charge in [0.2, 0.25) is 0 Å². The fraction of sp³-hybridized carbons (Fsp3) is 0.0588. The lowest BCUT2D eigenvalue weighted by molar-refractivity contribution is -0.384. The Morgan fingerprint density at radius 1 is 1.11 bits per heavy atom. The zero-order chi connectivity index (χ0) is 19.8. The van der Waals surface area contributed by atoms with E-state index in [-0.39, 0.29) is 12.3 Å². The van der Waals surface area contributed by atoms with Crippen molar-refractivity contribution >= 4 is 55.4 Å². The number of nitro benzene ring substituents is 1. The van der Waals surface area contributed by atoms with E-state index in [1.807, 2.05) is 0 Å². The van der Waals surface area contributed by atoms with Crippen LogP contribution in [0.3, 0.4) is 0 Å². The highest BCUT2D eigenvalue weighted by Gasteiger charge is 2.07. The third-order valence-corrected chi connectivity index (χ3v) is 4.22. The van der Waals surface area contributed by atoms with E-state index in [2.05, 4.69) is 42.7 Å². The van der Waals surface area contributed by atoms with Gasteiger partial charge in [0.05, 0.1) is 9.40 Å². The molecule has 0 atom stereocenters. The number of carbonyl (C=O) groups is 2. The first kappa shape index (κ1) is 20.6. The number of hydrogen-bond acceptors (Lipinski definition) is 5. The molecule has 0 saturated heterocycles. The van der Waals surface area contributed by atoms with E-state index < -0.39 is 16.7 Å². The molecular weight excluding hydrogens is 486 g/mol. The van der Waals surface area contributed by atoms with Crippen molar-refractivity contribution in [2.45, 2.75) is 0 Å². The maximum Gasteiger partial charge on any atom is 0.276 e. The molecule has 2 aromatic rings. The van der Waals surface area contributed by atoms with Crippen LogP contribution in [0.15, 0.2) is 57.5 Å². The molecule has 0 radical (unpaired) electrons. The average Bonchev–Trinajstić information content (AvgIpc) is 2.64. The van der Waals surface area contributed by atoms with E-state index in [9.17, 15) is 19.7 Å². The summed E-state index contributed by atoms with van der Waals surface area (Å²) < 4.78 is 6.88. The molecule has 27 heavy (non-hydrogen) atoms. The zero-order valence-electron chi connectivity index (χ0n) is 13.6. The van der Waals surface area contributed by atoms with Gasteiger partial charge in [-0.3, -0.25) is 30.6 Å². The molecule has 2 aromatic carbocycles. The number of hydrogen-bond donors (Lipinski definition) is 2. The number of carbonyl (C=O) groups excluding carboxylic acids is 2. The molecule has 0 fully saturated rings. The molecule has 2 amide bonds. The first-order chi connectivity index (χ1) is 12.8. The molecular formula is C17H13Br2N3O5. The van der Waals surface area contributed by atoms with Crippen molar-refractivity contribution in [1.82, 2.24) is 10.9 Å². The number of non-ortho nitro benzene ring substituents is 1. The van der Waals surface area contributed by atoms with Crippen LogP contribution in [-0.4, -0.2) is 23.3 Å². The minimum atomic E-state index is -0.563. The van der Waals surface area contributed by atoms with Crippen molar-refractivity contribution in [3.05, 3.63) is 73.2 Å². The van der Waals surface area contributed by atoms with Crippen LogP contribution in [0.4, 0.5) is 5.69 Å². The Kier molecular flexibility index (Phi) is 7.50. The second kappa shape index (κ2) is 9.83. The van der Waals surface area contributed by atoms with Crippen LogP contribution in [0, 0.1) is 10.1 Å². The van der Waals surface area contributed by atoms with Crippen LogP contribution in [0.5, 0.6) is 5.75 Å². The summed E-state index contributed by atoms with van der Waals surface area (Å²) in [5.41, 5.74) is 4.99. The van der Waals surface area contributed by atoms with Crippen LogP contribution < -0.4 is 15.6 Å². The third-order valence-electron chi connectivity index (χ3n) is 3.11. The molecule has 0 aliphatic heterocycles. The van der Waals surface area contributed by atoms with Crippen molar-refractivity contribution in [3.8, 4) is 5.75 Å². The van der Waals surface area contributed by atoms with E-state index in [0.29, 0.717) is 15.8 Å². The first-order valence-corrected chi connectivity index (χ1v) is 9.03. The second-order valence-corrected chi connectivity index (χ2v) is 6.85. The summed E-state index contributed by atoms with van der Waals surface area (Å²) in [6.07, 6.45) is 2.65. The number of amides is 2. The van der Waals surface area contributed by atoms with Gasteiger partial charge in [-0.15, -0.1) is 0 Å². The van der Waals surface area contributed by atoms with Crippen molar-refractivity contribution < 1.29 is 19.2 Å². The molecule has 2 rings (SSSR count). The highest BCUT2D eigenvalue weighted by atomic mass is 79.9. The van der Waals surface area contributed by atoms with E-state index in [4.69, 9.17) is 4.74 Å². The molecule has 0 saturated carbocycles. The lowest BCUT2D eigenvalue weighted by Crippen LogP contribution is -2.43. The third kappa shape index (κ3) is 6.83. The topological polar surface area (TPSA) is 111 Å². The van der Waals surface area contributed by atoms with Gasteiger partial charge in [-0.05, 0) is 57.9 Å². The van der Waals surface area contributed by atoms with Gasteiger partial charge < -0.3 is 4.74 Å². The van der Waals surface area contributed by atoms with E-state index in [1.54, 1.807) is 18.2 Å². The monoisotopic (exact) mass is 497 g/mol. The van der Waals surface area contributed by atoms with Crippen molar-refractivity contribution in [1.29, 1.82) is 0 Å². The summed E-state index contributed by atoms with van der Waals surface area (Å²) in [7, 11) is 0. The molecule has 0 heterocycles. The Morgan fingerprint density at radius 3 is 2.44 bits per heavy atom. The summed E-state index contributed by atoms with van der Waals surface area (Å²) in [6.45, 7) is -0.285. The van der Waals surface area contributed by atoms with Gasteiger partial charge in [0.25, 0.3) is 17.5 Å². The van der Waals surface area contributed by atoms with Crippen LogP contribution in [0.1, 0.15) is 5.56 Å². The normalized spacial score (nSPS) is 10.4. The molecule has 0 aliphatic carbocycles. The summed E-state index contributed by atoms with van der Waals surface area (Å²) >= 11 is 6.62. The Labute approximate surface area is 171 Å². The molecule has 10 heteroatoms. The van der Waals surface area contributed by atoms with Crippen LogP contribution in [0.2, 0.25) is 0 Å². The van der Waals surface area contributed by atoms with Crippen molar-refractivity contribution in [3.63, 3.8) is 0 Å². The first-order valence-electron chi connectivity index (χ1n) is 7.44. The predicted molar refractivity (Wildman–Crippen MR) is 106 cm³/mol. The number of hydrazine groups is 1. The Morgan fingerprint density at radius 2 is 1.81 bits per heavy atom. The van der Waals surface area contributed by atoms with E-state index in [0.717, 1.165) is 4.47 Å². The van der Waals surface area contributed by atoms with Gasteiger partial charge in [-0.25, -0.2) is 0 Å². The number of ether oxygens (including phenoxy) is 1. The highest BCUT2D eigenvalue weighted by molar-refractivity contribution is 9.11. The minimum Gasteiger partial charge on any atom is -0.483 e. The second-order valence-electron chi connectivity index (χ2n) is 5.08. The smallest absolute Gasteiger partial charge is 0.276 e. The molecule has 0 bridgehead atoms. The Bertz CT molecular complexity index is 885. The van der Waals surface area contributed by atoms with Gasteiger partial charge in [-0.2, -0.15) is 0 Å². The molecule has 0 spiro atoms. The molecule has 2 N–H and O–H groups in total. The summed E-state index contributed by atoms with van der Waals surface area (Å²) in [5, 5.41) is 10.6. The Balaban J connectivity index is 1.77. The molecule has 8 nitrogen and oxygen atoms in total. The number of rotatable bonds is 6. The Hall–Kier alpha value is -2.72. The van der Waals surface area contributed by atoms with Gasteiger partial charge >= 0.3 is 0 Å². The summed E-state index contributed by atoms with van der Waals surface area (Å²) in [5.74, 6) is -0.619. The van der Waals surface area contributed by atoms with Crippen LogP contribution in [0.25, 0.3) is 6.08 Å². The molecule has 140 valence electrons. The number of nitrogens with one attached hydrogen (secondary N) is 2. The lowest BCUT2D eigenvalue weighted by Gasteiger charge is -2.09. The zero-order valence-corrected chi connectivity index (χ0v) is 16.8. The lowest BCUT2D eigenvalue weighted by atomic mass is 10.2. The quantitative estimate of drug-likeness (QED) is 0.360. The van der Waals surface area contributed by atoms with Crippen molar-refractivity contribution in [2.75, 3.05) is 6.61 Å². The predicted octanol–water partition coefficient (Wildman–Crippen LogP) is 3.36.